The average Bonchev–Trinajstić information content (AvgIpc) is 3.82. The van der Waals surface area contributed by atoms with E-state index in [1.807, 2.05) is 12.1 Å². The molecule has 2 heterocycles. The molecule has 2 aromatic rings. The number of hydrogen-bond acceptors (Lipinski definition) is 8. The Morgan fingerprint density at radius 1 is 1.31 bits per heavy atom. The minimum atomic E-state index is -3.74. The first kappa shape index (κ1) is 27.5. The minimum Gasteiger partial charge on any atom is -0.497 e. The highest BCUT2D eigenvalue weighted by molar-refractivity contribution is 7.91. The lowest BCUT2D eigenvalue weighted by molar-refractivity contribution is -0.130. The Morgan fingerprint density at radius 2 is 2.08 bits per heavy atom. The summed E-state index contributed by atoms with van der Waals surface area (Å²) in [4.78, 5) is 30.9. The van der Waals surface area contributed by atoms with Crippen molar-refractivity contribution in [2.45, 2.75) is 68.4 Å². The van der Waals surface area contributed by atoms with Gasteiger partial charge in [0.2, 0.25) is 15.9 Å². The van der Waals surface area contributed by atoms with Gasteiger partial charge >= 0.3 is 0 Å². The van der Waals surface area contributed by atoms with E-state index in [4.69, 9.17) is 22.3 Å². The van der Waals surface area contributed by atoms with Crippen molar-refractivity contribution in [2.24, 2.45) is 5.92 Å². The zero-order valence-corrected chi connectivity index (χ0v) is 23.0. The van der Waals surface area contributed by atoms with E-state index in [-0.39, 0.29) is 17.9 Å². The van der Waals surface area contributed by atoms with Crippen molar-refractivity contribution < 1.29 is 27.5 Å². The number of nitrogens with one attached hydrogen (secondary N) is 3. The van der Waals surface area contributed by atoms with Gasteiger partial charge in [-0.15, -0.1) is 6.58 Å². The zero-order valence-electron chi connectivity index (χ0n) is 22.2. The fourth-order valence-corrected chi connectivity index (χ4v) is 6.53. The molecule has 10 nitrogen and oxygen atoms in total. The van der Waals surface area contributed by atoms with Crippen molar-refractivity contribution in [3.8, 4) is 11.5 Å². The molecule has 4 atom stereocenters. The van der Waals surface area contributed by atoms with Crippen LogP contribution in [0.3, 0.4) is 0 Å². The van der Waals surface area contributed by atoms with Crippen molar-refractivity contribution in [1.29, 1.82) is 0 Å². The third-order valence-electron chi connectivity index (χ3n) is 7.67. The van der Waals surface area contributed by atoms with Gasteiger partial charge in [0.25, 0.3) is 5.91 Å². The number of pyridine rings is 1. The van der Waals surface area contributed by atoms with Crippen LogP contribution in [-0.2, 0) is 26.0 Å². The van der Waals surface area contributed by atoms with E-state index < -0.39 is 32.8 Å². The summed E-state index contributed by atoms with van der Waals surface area (Å²) in [6.07, 6.45) is 4.63. The number of rotatable bonds is 11. The highest BCUT2D eigenvalue weighted by Gasteiger charge is 2.61. The number of sulfonamides is 1. The standard InChI is InChI=1S/C27H33BN4O6S/c1-4-6-16-11-22(19-9-10-21(37-3)23(28)24(19)30-16)38-17-12-20(29-14-17)25(33)31-27(13-15(27)5-2)26(34)32-39(35,36)18-7-8-18/h5,9-11,15,17-18,20,29H,2,4,6-8,12-14H2,1,3H3,(H,31,33)(H,32,34)/t15?,17-,20+,27-/m1/s1. The van der Waals surface area contributed by atoms with Gasteiger partial charge in [-0.25, -0.2) is 8.42 Å². The van der Waals surface area contributed by atoms with Crippen molar-refractivity contribution in [2.75, 3.05) is 13.7 Å². The fraction of sp³-hybridized carbons (Fsp3) is 0.519. The summed E-state index contributed by atoms with van der Waals surface area (Å²) in [6.45, 7) is 6.21. The summed E-state index contributed by atoms with van der Waals surface area (Å²) in [5.74, 6) is -0.273. The number of carbonyl (C=O) groups excluding carboxylic acids is 2. The second-order valence-corrected chi connectivity index (χ2v) is 12.5. The van der Waals surface area contributed by atoms with Crippen LogP contribution in [0.1, 0.15) is 44.7 Å². The van der Waals surface area contributed by atoms with E-state index in [2.05, 4.69) is 28.9 Å². The molecule has 12 heteroatoms. The van der Waals surface area contributed by atoms with Gasteiger partial charge in [-0.1, -0.05) is 19.4 Å². The van der Waals surface area contributed by atoms with Crippen molar-refractivity contribution in [3.63, 3.8) is 0 Å². The molecule has 2 aliphatic carbocycles. The van der Waals surface area contributed by atoms with Crippen LogP contribution in [0.5, 0.6) is 11.5 Å². The Bertz CT molecular complexity index is 1430. The Morgan fingerprint density at radius 3 is 2.72 bits per heavy atom. The number of aromatic nitrogens is 1. The van der Waals surface area contributed by atoms with Crippen LogP contribution in [-0.4, -0.2) is 69.7 Å². The van der Waals surface area contributed by atoms with Gasteiger partial charge in [-0.3, -0.25) is 19.3 Å². The summed E-state index contributed by atoms with van der Waals surface area (Å²) in [6, 6.07) is 4.92. The minimum absolute atomic E-state index is 0.301. The van der Waals surface area contributed by atoms with Crippen LogP contribution in [0.4, 0.5) is 0 Å². The van der Waals surface area contributed by atoms with Crippen molar-refractivity contribution in [3.05, 3.63) is 36.5 Å². The first-order chi connectivity index (χ1) is 18.6. The van der Waals surface area contributed by atoms with Gasteiger partial charge in [-0.05, 0) is 43.3 Å². The number of fused-ring (bicyclic) bond motifs is 1. The lowest BCUT2D eigenvalue weighted by Crippen LogP contribution is -2.55. The number of amides is 2. The second kappa shape index (κ2) is 10.5. The number of ether oxygens (including phenoxy) is 2. The van der Waals surface area contributed by atoms with Gasteiger partial charge < -0.3 is 20.1 Å². The van der Waals surface area contributed by atoms with E-state index >= 15 is 0 Å². The molecule has 0 bridgehead atoms. The third-order valence-corrected chi connectivity index (χ3v) is 9.49. The summed E-state index contributed by atoms with van der Waals surface area (Å²) < 4.78 is 38.5. The van der Waals surface area contributed by atoms with Gasteiger partial charge in [0, 0.05) is 36.0 Å². The Kier molecular flexibility index (Phi) is 7.36. The topological polar surface area (TPSA) is 136 Å². The van der Waals surface area contributed by atoms with Crippen LogP contribution in [0.2, 0.25) is 0 Å². The monoisotopic (exact) mass is 552 g/mol. The lowest BCUT2D eigenvalue weighted by Gasteiger charge is -2.21. The van der Waals surface area contributed by atoms with E-state index in [0.29, 0.717) is 54.7 Å². The molecule has 1 aromatic heterocycles. The smallest absolute Gasteiger partial charge is 0.259 e. The van der Waals surface area contributed by atoms with Gasteiger partial charge in [0.15, 0.2) is 0 Å². The molecule has 1 aliphatic heterocycles. The fourth-order valence-electron chi connectivity index (χ4n) is 5.17. The zero-order chi connectivity index (χ0) is 27.9. The Labute approximate surface area is 229 Å². The molecule has 3 aliphatic rings. The number of carbonyl (C=O) groups is 2. The summed E-state index contributed by atoms with van der Waals surface area (Å²) in [5, 5.41) is 6.19. The van der Waals surface area contributed by atoms with Crippen LogP contribution < -0.4 is 30.3 Å². The van der Waals surface area contributed by atoms with Gasteiger partial charge in [-0.2, -0.15) is 0 Å². The van der Waals surface area contributed by atoms with Gasteiger partial charge in [0.05, 0.1) is 23.9 Å². The Hall–Kier alpha value is -3.12. The van der Waals surface area contributed by atoms with Crippen LogP contribution in [0.15, 0.2) is 30.9 Å². The van der Waals surface area contributed by atoms with Crippen LogP contribution in [0, 0.1) is 5.92 Å². The predicted molar refractivity (Wildman–Crippen MR) is 148 cm³/mol. The highest BCUT2D eigenvalue weighted by atomic mass is 32.2. The number of hydrogen-bond donors (Lipinski definition) is 3. The van der Waals surface area contributed by atoms with E-state index in [1.54, 1.807) is 19.3 Å². The molecule has 2 amide bonds. The predicted octanol–water partition coefficient (Wildman–Crippen LogP) is 0.768. The summed E-state index contributed by atoms with van der Waals surface area (Å²) in [7, 11) is 4.14. The average molecular weight is 552 g/mol. The van der Waals surface area contributed by atoms with Gasteiger partial charge in [0.1, 0.15) is 31.0 Å². The first-order valence-corrected chi connectivity index (χ1v) is 14.8. The number of aryl methyl sites for hydroxylation is 1. The Balaban J connectivity index is 1.29. The summed E-state index contributed by atoms with van der Waals surface area (Å²) >= 11 is 0. The largest absolute Gasteiger partial charge is 0.497 e. The maximum Gasteiger partial charge on any atom is 0.259 e. The number of nitrogens with zero attached hydrogens (tertiary/aromatic N) is 1. The molecule has 39 heavy (non-hydrogen) atoms. The van der Waals surface area contributed by atoms with E-state index in [1.165, 1.54) is 0 Å². The molecule has 5 rings (SSSR count). The van der Waals surface area contributed by atoms with Crippen LogP contribution >= 0.6 is 0 Å². The van der Waals surface area contributed by atoms with E-state index in [0.717, 1.165) is 23.9 Å². The molecule has 1 unspecified atom stereocenters. The third kappa shape index (κ3) is 5.36. The molecule has 1 aromatic carbocycles. The molecule has 3 fully saturated rings. The maximum atomic E-state index is 13.2. The van der Waals surface area contributed by atoms with Crippen molar-refractivity contribution in [1.82, 2.24) is 20.3 Å². The normalized spacial score (nSPS) is 26.2. The molecule has 1 saturated heterocycles. The van der Waals surface area contributed by atoms with Crippen molar-refractivity contribution >= 4 is 46.0 Å². The quantitative estimate of drug-likeness (QED) is 0.275. The van der Waals surface area contributed by atoms with Crippen LogP contribution in [0.25, 0.3) is 10.9 Å². The highest BCUT2D eigenvalue weighted by Crippen LogP contribution is 2.45. The molecule has 3 N–H and O–H groups in total. The molecule has 206 valence electrons. The molecular weight excluding hydrogens is 519 g/mol. The number of methoxy groups -OCH3 is 1. The summed E-state index contributed by atoms with van der Waals surface area (Å²) in [5.41, 5.74) is 0.578. The lowest BCUT2D eigenvalue weighted by atomic mass is 9.91. The molecule has 0 spiro atoms. The van der Waals surface area contributed by atoms with E-state index in [9.17, 15) is 18.0 Å². The SMILES string of the molecule is [B]c1c(OC)ccc2c(O[C@H]3CN[C@H](C(=O)N[C@]4(C(=O)NS(=O)(=O)C5CC5)CC4C=C)C3)cc(CCC)nc12. The number of benzene rings is 1. The molecular formula is C27H33BN4O6S. The first-order valence-electron chi connectivity index (χ1n) is 13.3. The molecule has 2 radical (unpaired) electrons. The second-order valence-electron chi connectivity index (χ2n) is 10.6. The molecule has 2 saturated carbocycles. The maximum absolute atomic E-state index is 13.2.